The Hall–Kier alpha value is -1.84. The average molecular weight is 289 g/mol. The van der Waals surface area contributed by atoms with Gasteiger partial charge in [0.15, 0.2) is 0 Å². The van der Waals surface area contributed by atoms with Crippen LogP contribution in [-0.4, -0.2) is 23.0 Å². The van der Waals surface area contributed by atoms with Crippen LogP contribution in [0.2, 0.25) is 0 Å². The molecule has 21 heavy (non-hydrogen) atoms. The molecule has 1 N–H and O–H groups in total. The second kappa shape index (κ2) is 5.88. The summed E-state index contributed by atoms with van der Waals surface area (Å²) in [4.78, 5) is 25.6. The molecule has 1 amide bonds. The van der Waals surface area contributed by atoms with Crippen molar-refractivity contribution in [1.82, 2.24) is 0 Å². The highest BCUT2D eigenvalue weighted by molar-refractivity contribution is 5.96. The Kier molecular flexibility index (Phi) is 4.35. The van der Waals surface area contributed by atoms with E-state index < -0.39 is 11.9 Å². The molecule has 1 heterocycles. The summed E-state index contributed by atoms with van der Waals surface area (Å²) < 4.78 is 0. The maximum atomic E-state index is 12.4. The zero-order chi connectivity index (χ0) is 15.7. The number of hydrogen-bond acceptors (Lipinski definition) is 2. The minimum absolute atomic E-state index is 0.00778. The molecule has 1 aliphatic heterocycles. The van der Waals surface area contributed by atoms with Crippen LogP contribution in [0.1, 0.15) is 45.6 Å². The second-order valence-electron chi connectivity index (χ2n) is 6.30. The van der Waals surface area contributed by atoms with Crippen molar-refractivity contribution < 1.29 is 14.7 Å². The van der Waals surface area contributed by atoms with Crippen molar-refractivity contribution in [2.75, 3.05) is 4.90 Å². The van der Waals surface area contributed by atoms with E-state index in [1.165, 1.54) is 0 Å². The number of anilines is 1. The lowest BCUT2D eigenvalue weighted by Crippen LogP contribution is -2.53. The number of rotatable bonds is 3. The molecule has 4 heteroatoms. The van der Waals surface area contributed by atoms with Crippen molar-refractivity contribution in [1.29, 1.82) is 0 Å². The van der Waals surface area contributed by atoms with Gasteiger partial charge in [-0.1, -0.05) is 32.9 Å². The molecule has 0 aromatic heterocycles. The first-order chi connectivity index (χ1) is 9.82. The highest BCUT2D eigenvalue weighted by Crippen LogP contribution is 2.34. The third-order valence-corrected chi connectivity index (χ3v) is 4.41. The first kappa shape index (κ1) is 15.5. The van der Waals surface area contributed by atoms with Crippen LogP contribution in [0.25, 0.3) is 0 Å². The summed E-state index contributed by atoms with van der Waals surface area (Å²) >= 11 is 0. The Labute approximate surface area is 125 Å². The number of piperidine rings is 1. The van der Waals surface area contributed by atoms with Gasteiger partial charge < -0.3 is 10.0 Å². The number of carbonyl (C=O) groups is 2. The number of carboxylic acid groups (broad SMARTS) is 1. The number of benzene rings is 1. The number of aliphatic carboxylic acids is 1. The van der Waals surface area contributed by atoms with Crippen LogP contribution in [0.4, 0.5) is 5.69 Å². The van der Waals surface area contributed by atoms with Gasteiger partial charge in [0.2, 0.25) is 5.91 Å². The van der Waals surface area contributed by atoms with E-state index in [1.807, 2.05) is 38.1 Å². The number of carboxylic acids is 1. The summed E-state index contributed by atoms with van der Waals surface area (Å²) in [5, 5.41) is 9.43. The van der Waals surface area contributed by atoms with Gasteiger partial charge in [0.05, 0.1) is 5.92 Å². The van der Waals surface area contributed by atoms with Crippen molar-refractivity contribution >= 4 is 17.6 Å². The molecule has 4 nitrogen and oxygen atoms in total. The van der Waals surface area contributed by atoms with Crippen molar-refractivity contribution in [2.45, 2.75) is 46.1 Å². The molecular formula is C17H23NO3. The van der Waals surface area contributed by atoms with E-state index in [4.69, 9.17) is 0 Å². The molecule has 1 fully saturated rings. The van der Waals surface area contributed by atoms with Gasteiger partial charge in [-0.05, 0) is 36.5 Å². The Bertz CT molecular complexity index is 553. The Morgan fingerprint density at radius 3 is 2.57 bits per heavy atom. The fourth-order valence-electron chi connectivity index (χ4n) is 3.23. The predicted molar refractivity (Wildman–Crippen MR) is 82.4 cm³/mol. The third-order valence-electron chi connectivity index (χ3n) is 4.41. The molecule has 1 aliphatic rings. The van der Waals surface area contributed by atoms with Crippen LogP contribution in [0.15, 0.2) is 24.3 Å². The van der Waals surface area contributed by atoms with E-state index in [2.05, 4.69) is 13.8 Å². The van der Waals surface area contributed by atoms with Gasteiger partial charge in [-0.2, -0.15) is 0 Å². The average Bonchev–Trinajstić information content (AvgIpc) is 2.37. The van der Waals surface area contributed by atoms with Crippen LogP contribution < -0.4 is 4.90 Å². The summed E-state index contributed by atoms with van der Waals surface area (Å²) in [5.41, 5.74) is 1.95. The molecular weight excluding hydrogens is 266 g/mol. The quantitative estimate of drug-likeness (QED) is 0.929. The van der Waals surface area contributed by atoms with Crippen LogP contribution in [-0.2, 0) is 9.59 Å². The van der Waals surface area contributed by atoms with Crippen LogP contribution in [0, 0.1) is 11.8 Å². The van der Waals surface area contributed by atoms with Crippen LogP contribution in [0.5, 0.6) is 0 Å². The van der Waals surface area contributed by atoms with Crippen LogP contribution >= 0.6 is 0 Å². The van der Waals surface area contributed by atoms with Crippen molar-refractivity contribution in [3.63, 3.8) is 0 Å². The number of amides is 1. The highest BCUT2D eigenvalue weighted by Gasteiger charge is 2.42. The number of nitrogens with zero attached hydrogens (tertiary/aromatic N) is 1. The van der Waals surface area contributed by atoms with Gasteiger partial charge in [0.1, 0.15) is 0 Å². The molecule has 3 atom stereocenters. The lowest BCUT2D eigenvalue weighted by atomic mass is 9.80. The fraction of sp³-hybridized carbons (Fsp3) is 0.529. The van der Waals surface area contributed by atoms with E-state index in [9.17, 15) is 14.7 Å². The van der Waals surface area contributed by atoms with Gasteiger partial charge in [-0.3, -0.25) is 9.59 Å². The van der Waals surface area contributed by atoms with Crippen molar-refractivity contribution in [3.8, 4) is 0 Å². The normalized spacial score (nSPS) is 26.2. The Morgan fingerprint density at radius 1 is 1.33 bits per heavy atom. The molecule has 114 valence electrons. The topological polar surface area (TPSA) is 57.6 Å². The molecule has 0 spiro atoms. The molecule has 0 bridgehead atoms. The lowest BCUT2D eigenvalue weighted by molar-refractivity contribution is -0.146. The molecule has 1 saturated heterocycles. The zero-order valence-corrected chi connectivity index (χ0v) is 13.0. The fourth-order valence-corrected chi connectivity index (χ4v) is 3.23. The summed E-state index contributed by atoms with van der Waals surface area (Å²) in [6.45, 7) is 7.87. The maximum Gasteiger partial charge on any atom is 0.308 e. The van der Waals surface area contributed by atoms with E-state index >= 15 is 0 Å². The molecule has 1 aromatic rings. The minimum atomic E-state index is -0.826. The van der Waals surface area contributed by atoms with Gasteiger partial charge in [-0.25, -0.2) is 0 Å². The van der Waals surface area contributed by atoms with Gasteiger partial charge in [-0.15, -0.1) is 0 Å². The summed E-state index contributed by atoms with van der Waals surface area (Å²) in [7, 11) is 0. The predicted octanol–water partition coefficient (Wildman–Crippen LogP) is 3.27. The van der Waals surface area contributed by atoms with E-state index in [0.717, 1.165) is 11.3 Å². The molecule has 1 aromatic carbocycles. The smallest absolute Gasteiger partial charge is 0.308 e. The molecule has 0 saturated carbocycles. The van der Waals surface area contributed by atoms with E-state index in [0.29, 0.717) is 5.92 Å². The molecule has 2 rings (SSSR count). The number of hydrogen-bond donors (Lipinski definition) is 1. The largest absolute Gasteiger partial charge is 0.481 e. The Balaban J connectivity index is 2.39. The van der Waals surface area contributed by atoms with Crippen molar-refractivity contribution in [3.05, 3.63) is 29.8 Å². The van der Waals surface area contributed by atoms with Gasteiger partial charge >= 0.3 is 5.97 Å². The van der Waals surface area contributed by atoms with Crippen LogP contribution in [0.3, 0.4) is 0 Å². The SMILES string of the molecule is CC(C)c1cccc(N2C(=O)CC(C)C(C(=O)O)C2C)c1. The van der Waals surface area contributed by atoms with Gasteiger partial charge in [0, 0.05) is 18.2 Å². The zero-order valence-electron chi connectivity index (χ0n) is 13.0. The Morgan fingerprint density at radius 2 is 2.00 bits per heavy atom. The van der Waals surface area contributed by atoms with Gasteiger partial charge in [0.25, 0.3) is 0 Å². The standard InChI is InChI=1S/C17H23NO3/c1-10(2)13-6-5-7-14(9-13)18-12(4)16(17(20)21)11(3)8-15(18)19/h5-7,9-12,16H,8H2,1-4H3,(H,20,21). The summed E-state index contributed by atoms with van der Waals surface area (Å²) in [6.07, 6.45) is 0.285. The van der Waals surface area contributed by atoms with E-state index in [-0.39, 0.29) is 24.3 Å². The monoisotopic (exact) mass is 289 g/mol. The summed E-state index contributed by atoms with van der Waals surface area (Å²) in [5.74, 6) is -1.10. The maximum absolute atomic E-state index is 12.4. The first-order valence-electron chi connectivity index (χ1n) is 7.47. The van der Waals surface area contributed by atoms with Crippen molar-refractivity contribution in [2.24, 2.45) is 11.8 Å². The highest BCUT2D eigenvalue weighted by atomic mass is 16.4. The summed E-state index contributed by atoms with van der Waals surface area (Å²) in [6, 6.07) is 7.51. The lowest BCUT2D eigenvalue weighted by Gasteiger charge is -2.40. The minimum Gasteiger partial charge on any atom is -0.481 e. The third kappa shape index (κ3) is 2.94. The first-order valence-corrected chi connectivity index (χ1v) is 7.47. The number of carbonyl (C=O) groups excluding carboxylic acids is 1. The second-order valence-corrected chi connectivity index (χ2v) is 6.30. The molecule has 0 radical (unpaired) electrons. The van der Waals surface area contributed by atoms with E-state index in [1.54, 1.807) is 4.90 Å². The molecule has 3 unspecified atom stereocenters. The molecule has 0 aliphatic carbocycles.